The molecule has 1 aliphatic carbocycles. The van der Waals surface area contributed by atoms with Gasteiger partial charge < -0.3 is 0 Å². The lowest BCUT2D eigenvalue weighted by Crippen LogP contribution is -2.39. The van der Waals surface area contributed by atoms with Crippen LogP contribution in [-0.4, -0.2) is 18.0 Å². The van der Waals surface area contributed by atoms with E-state index >= 15 is 0 Å². The van der Waals surface area contributed by atoms with Gasteiger partial charge >= 0.3 is 0 Å². The Kier molecular flexibility index (Phi) is 7.41. The lowest BCUT2D eigenvalue weighted by atomic mass is 9.60. The fourth-order valence-corrected chi connectivity index (χ4v) is 5.07. The van der Waals surface area contributed by atoms with Crippen LogP contribution >= 0.6 is 23.2 Å². The van der Waals surface area contributed by atoms with Gasteiger partial charge in [0.2, 0.25) is 0 Å². The fraction of sp³-hybridized carbons (Fsp3) is 0.458. The minimum atomic E-state index is -0.583. The molecule has 0 radical (unpaired) electrons. The van der Waals surface area contributed by atoms with Crippen molar-refractivity contribution in [1.29, 1.82) is 5.26 Å². The second kappa shape index (κ2) is 9.79. The molecule has 0 aromatic heterocycles. The van der Waals surface area contributed by atoms with Crippen molar-refractivity contribution in [3.8, 4) is 6.07 Å². The van der Waals surface area contributed by atoms with E-state index in [-0.39, 0.29) is 0 Å². The van der Waals surface area contributed by atoms with Gasteiger partial charge in [-0.05, 0) is 62.4 Å². The van der Waals surface area contributed by atoms with E-state index in [1.54, 1.807) is 0 Å². The number of halogens is 2. The average molecular weight is 415 g/mol. The molecule has 1 atom stereocenters. The van der Waals surface area contributed by atoms with Crippen LogP contribution in [0.1, 0.15) is 50.2 Å². The molecule has 4 heteroatoms. The maximum absolute atomic E-state index is 10.3. The number of hydrogen-bond donors (Lipinski definition) is 0. The summed E-state index contributed by atoms with van der Waals surface area (Å²) in [6, 6.07) is 18.8. The third kappa shape index (κ3) is 4.54. The molecule has 1 fully saturated rings. The number of rotatable bonds is 9. The van der Waals surface area contributed by atoms with Crippen LogP contribution in [0, 0.1) is 17.2 Å². The van der Waals surface area contributed by atoms with Crippen molar-refractivity contribution in [3.63, 3.8) is 0 Å². The smallest absolute Gasteiger partial charge is 0.0879 e. The summed E-state index contributed by atoms with van der Waals surface area (Å²) in [7, 11) is 0. The molecule has 2 aromatic carbocycles. The Balaban J connectivity index is 1.75. The Hall–Kier alpha value is -1.53. The van der Waals surface area contributed by atoms with Crippen molar-refractivity contribution >= 4 is 23.2 Å². The van der Waals surface area contributed by atoms with Gasteiger partial charge in [0.05, 0.1) is 11.5 Å². The predicted octanol–water partition coefficient (Wildman–Crippen LogP) is 6.86. The SMILES string of the molecule is CCN(CCCC(C#N)(c1c(Cl)cccc1Cl)C1CCC1)Cc1ccccc1. The van der Waals surface area contributed by atoms with Gasteiger partial charge in [-0.15, -0.1) is 0 Å². The van der Waals surface area contributed by atoms with Gasteiger partial charge in [0.25, 0.3) is 0 Å². The first-order valence-corrected chi connectivity index (χ1v) is 11.0. The zero-order valence-corrected chi connectivity index (χ0v) is 18.0. The van der Waals surface area contributed by atoms with Gasteiger partial charge in [-0.1, -0.05) is 72.9 Å². The van der Waals surface area contributed by atoms with Crippen molar-refractivity contribution < 1.29 is 0 Å². The highest BCUT2D eigenvalue weighted by Crippen LogP contribution is 2.50. The normalized spacial score (nSPS) is 16.4. The summed E-state index contributed by atoms with van der Waals surface area (Å²) in [6.07, 6.45) is 5.09. The standard InChI is InChI=1S/C24H28Cl2N2/c1-2-28(17-19-9-4-3-5-10-19)16-8-15-24(18-27,20-11-6-12-20)23-21(25)13-7-14-22(23)26/h3-5,7,9-10,13-14,20H,2,6,8,11-12,15-17H2,1H3. The van der Waals surface area contributed by atoms with Gasteiger partial charge in [-0.3, -0.25) is 4.90 Å². The van der Waals surface area contributed by atoms with E-state index in [1.165, 1.54) is 12.0 Å². The summed E-state index contributed by atoms with van der Waals surface area (Å²) in [6.45, 7) is 5.08. The molecule has 0 spiro atoms. The topological polar surface area (TPSA) is 27.0 Å². The van der Waals surface area contributed by atoms with Gasteiger partial charge in [0.1, 0.15) is 0 Å². The van der Waals surface area contributed by atoms with Crippen molar-refractivity contribution in [2.24, 2.45) is 5.92 Å². The molecule has 148 valence electrons. The zero-order valence-electron chi connectivity index (χ0n) is 16.5. The largest absolute Gasteiger partial charge is 0.299 e. The highest BCUT2D eigenvalue weighted by molar-refractivity contribution is 6.36. The minimum Gasteiger partial charge on any atom is -0.299 e. The summed E-state index contributed by atoms with van der Waals surface area (Å²) in [5.41, 5.74) is 1.58. The van der Waals surface area contributed by atoms with Crippen LogP contribution in [-0.2, 0) is 12.0 Å². The number of nitrogens with zero attached hydrogens (tertiary/aromatic N) is 2. The summed E-state index contributed by atoms with van der Waals surface area (Å²) >= 11 is 13.1. The van der Waals surface area contributed by atoms with Crippen molar-refractivity contribution in [3.05, 3.63) is 69.7 Å². The molecule has 1 unspecified atom stereocenters. The first-order valence-electron chi connectivity index (χ1n) is 10.2. The summed E-state index contributed by atoms with van der Waals surface area (Å²) < 4.78 is 0. The third-order valence-electron chi connectivity index (χ3n) is 6.15. The van der Waals surface area contributed by atoms with Crippen LogP contribution in [0.3, 0.4) is 0 Å². The molecular weight excluding hydrogens is 387 g/mol. The predicted molar refractivity (Wildman–Crippen MR) is 118 cm³/mol. The number of hydrogen-bond acceptors (Lipinski definition) is 2. The Morgan fingerprint density at radius 1 is 1.07 bits per heavy atom. The summed E-state index contributed by atoms with van der Waals surface area (Å²) in [5.74, 6) is 0.346. The molecule has 3 rings (SSSR count). The van der Waals surface area contributed by atoms with E-state index in [1.807, 2.05) is 24.3 Å². The van der Waals surface area contributed by atoms with Crippen molar-refractivity contribution in [2.75, 3.05) is 13.1 Å². The quantitative estimate of drug-likeness (QED) is 0.447. The monoisotopic (exact) mass is 414 g/mol. The highest BCUT2D eigenvalue weighted by atomic mass is 35.5. The maximum atomic E-state index is 10.3. The first kappa shape index (κ1) is 21.2. The van der Waals surface area contributed by atoms with Gasteiger partial charge in [0, 0.05) is 22.2 Å². The van der Waals surface area contributed by atoms with Crippen LogP contribution in [0.5, 0.6) is 0 Å². The highest BCUT2D eigenvalue weighted by Gasteiger charge is 2.45. The number of benzene rings is 2. The van der Waals surface area contributed by atoms with E-state index in [0.717, 1.165) is 50.9 Å². The lowest BCUT2D eigenvalue weighted by Gasteiger charge is -2.42. The summed E-state index contributed by atoms with van der Waals surface area (Å²) in [5, 5.41) is 11.5. The Morgan fingerprint density at radius 3 is 2.29 bits per heavy atom. The molecule has 2 aromatic rings. The molecule has 0 saturated heterocycles. The van der Waals surface area contributed by atoms with Gasteiger partial charge in [0.15, 0.2) is 0 Å². The molecular formula is C24H28Cl2N2. The second-order valence-electron chi connectivity index (χ2n) is 7.77. The molecule has 0 N–H and O–H groups in total. The number of nitriles is 1. The van der Waals surface area contributed by atoms with Crippen molar-refractivity contribution in [1.82, 2.24) is 4.90 Å². The van der Waals surface area contributed by atoms with Crippen LogP contribution in [0.2, 0.25) is 10.0 Å². The van der Waals surface area contributed by atoms with Crippen LogP contribution < -0.4 is 0 Å². The average Bonchev–Trinajstić information content (AvgIpc) is 2.66. The molecule has 1 saturated carbocycles. The van der Waals surface area contributed by atoms with E-state index in [0.29, 0.717) is 16.0 Å². The van der Waals surface area contributed by atoms with E-state index in [9.17, 15) is 5.26 Å². The third-order valence-corrected chi connectivity index (χ3v) is 6.78. The molecule has 28 heavy (non-hydrogen) atoms. The summed E-state index contributed by atoms with van der Waals surface area (Å²) in [4.78, 5) is 2.44. The van der Waals surface area contributed by atoms with Crippen molar-refractivity contribution in [2.45, 2.75) is 51.0 Å². The Morgan fingerprint density at radius 2 is 1.75 bits per heavy atom. The van der Waals surface area contributed by atoms with Crippen LogP contribution in [0.15, 0.2) is 48.5 Å². The minimum absolute atomic E-state index is 0.346. The van der Waals surface area contributed by atoms with E-state index in [4.69, 9.17) is 23.2 Å². The van der Waals surface area contributed by atoms with Gasteiger partial charge in [-0.25, -0.2) is 0 Å². The molecule has 0 bridgehead atoms. The molecule has 0 amide bonds. The van der Waals surface area contributed by atoms with E-state index in [2.05, 4.69) is 42.2 Å². The molecule has 0 aliphatic heterocycles. The molecule has 2 nitrogen and oxygen atoms in total. The Labute approximate surface area is 179 Å². The zero-order chi connectivity index (χ0) is 20.0. The molecule has 0 heterocycles. The second-order valence-corrected chi connectivity index (χ2v) is 8.58. The lowest BCUT2D eigenvalue weighted by molar-refractivity contribution is 0.184. The maximum Gasteiger partial charge on any atom is 0.0879 e. The van der Waals surface area contributed by atoms with Crippen LogP contribution in [0.25, 0.3) is 0 Å². The van der Waals surface area contributed by atoms with Crippen LogP contribution in [0.4, 0.5) is 0 Å². The fourth-order valence-electron chi connectivity index (χ4n) is 4.33. The van der Waals surface area contributed by atoms with Gasteiger partial charge in [-0.2, -0.15) is 5.26 Å². The molecule has 1 aliphatic rings. The van der Waals surface area contributed by atoms with E-state index < -0.39 is 5.41 Å². The first-order chi connectivity index (χ1) is 13.6. The Bertz CT molecular complexity index is 791.